The van der Waals surface area contributed by atoms with Crippen LogP contribution < -0.4 is 24.8 Å². The van der Waals surface area contributed by atoms with Crippen molar-refractivity contribution < 1.29 is 19.0 Å². The molecule has 1 atom stereocenters. The lowest BCUT2D eigenvalue weighted by molar-refractivity contribution is -0.113. The summed E-state index contributed by atoms with van der Waals surface area (Å²) in [5.41, 5.74) is 2.44. The highest BCUT2D eigenvalue weighted by Gasteiger charge is 2.36. The first-order valence-electron chi connectivity index (χ1n) is 10.2. The summed E-state index contributed by atoms with van der Waals surface area (Å²) >= 11 is 0. The first-order chi connectivity index (χ1) is 15.6. The van der Waals surface area contributed by atoms with Gasteiger partial charge in [-0.25, -0.2) is 4.68 Å². The fourth-order valence-electron chi connectivity index (χ4n) is 3.84. The minimum atomic E-state index is -0.585. The van der Waals surface area contributed by atoms with Crippen molar-refractivity contribution in [3.8, 4) is 17.2 Å². The van der Waals surface area contributed by atoms with Crippen LogP contribution in [0.2, 0.25) is 0 Å². The molecule has 2 aromatic carbocycles. The van der Waals surface area contributed by atoms with E-state index in [-0.39, 0.29) is 5.91 Å². The van der Waals surface area contributed by atoms with E-state index >= 15 is 0 Å². The number of para-hydroxylation sites is 3. The average molecular weight is 435 g/mol. The van der Waals surface area contributed by atoms with Crippen molar-refractivity contribution in [2.24, 2.45) is 0 Å². The fourth-order valence-corrected chi connectivity index (χ4v) is 3.84. The molecule has 166 valence electrons. The second-order valence-corrected chi connectivity index (χ2v) is 7.06. The van der Waals surface area contributed by atoms with Gasteiger partial charge in [0.05, 0.1) is 32.1 Å². The molecule has 1 amide bonds. The smallest absolute Gasteiger partial charge is 0.255 e. The number of hydrogen-bond donors (Lipinski definition) is 2. The molecule has 32 heavy (non-hydrogen) atoms. The van der Waals surface area contributed by atoms with E-state index in [1.165, 1.54) is 6.33 Å². The summed E-state index contributed by atoms with van der Waals surface area (Å²) in [7, 11) is 3.14. The van der Waals surface area contributed by atoms with E-state index in [1.54, 1.807) is 31.0 Å². The van der Waals surface area contributed by atoms with Gasteiger partial charge in [-0.05, 0) is 32.0 Å². The van der Waals surface area contributed by atoms with Gasteiger partial charge in [-0.1, -0.05) is 24.3 Å². The lowest BCUT2D eigenvalue weighted by atomic mass is 9.94. The Morgan fingerprint density at radius 2 is 1.91 bits per heavy atom. The fraction of sp³-hybridized carbons (Fsp3) is 0.261. The number of nitrogens with zero attached hydrogens (tertiary/aromatic N) is 3. The Hall–Kier alpha value is -4.01. The van der Waals surface area contributed by atoms with E-state index in [4.69, 9.17) is 14.2 Å². The minimum Gasteiger partial charge on any atom is -0.493 e. The Bertz CT molecular complexity index is 1170. The molecule has 2 N–H and O–H groups in total. The standard InChI is InChI=1S/C23H25N5O4/c1-5-32-17-11-7-6-10-16(17)27-22(29)19-14(2)26-23-24-13-25-28(23)20(19)15-9-8-12-18(30-3)21(15)31-4/h6-13,20H,5H2,1-4H3,(H,27,29)(H,24,25,26)/t20-/m0/s1. The molecule has 2 heterocycles. The highest BCUT2D eigenvalue weighted by Crippen LogP contribution is 2.42. The van der Waals surface area contributed by atoms with Gasteiger partial charge in [0.2, 0.25) is 5.95 Å². The first kappa shape index (κ1) is 21.2. The monoisotopic (exact) mass is 435 g/mol. The Kier molecular flexibility index (Phi) is 5.98. The number of fused-ring (bicyclic) bond motifs is 1. The van der Waals surface area contributed by atoms with E-state index < -0.39 is 6.04 Å². The zero-order valence-electron chi connectivity index (χ0n) is 18.4. The van der Waals surface area contributed by atoms with E-state index in [1.807, 2.05) is 44.2 Å². The van der Waals surface area contributed by atoms with Crippen LogP contribution in [0.4, 0.5) is 11.6 Å². The summed E-state index contributed by atoms with van der Waals surface area (Å²) in [5, 5.41) is 10.5. The summed E-state index contributed by atoms with van der Waals surface area (Å²) in [4.78, 5) is 17.9. The number of aromatic nitrogens is 3. The van der Waals surface area contributed by atoms with Gasteiger partial charge in [0.15, 0.2) is 11.5 Å². The molecule has 3 aromatic rings. The van der Waals surface area contributed by atoms with Crippen LogP contribution in [-0.4, -0.2) is 41.5 Å². The van der Waals surface area contributed by atoms with Crippen LogP contribution in [0.25, 0.3) is 0 Å². The number of allylic oxidation sites excluding steroid dienone is 1. The zero-order chi connectivity index (χ0) is 22.7. The van der Waals surface area contributed by atoms with Crippen molar-refractivity contribution in [2.75, 3.05) is 31.5 Å². The molecule has 1 aliphatic heterocycles. The van der Waals surface area contributed by atoms with Crippen LogP contribution in [-0.2, 0) is 4.79 Å². The molecule has 1 aromatic heterocycles. The van der Waals surface area contributed by atoms with Crippen LogP contribution in [0.1, 0.15) is 25.5 Å². The summed E-state index contributed by atoms with van der Waals surface area (Å²) in [6.45, 7) is 4.22. The topological polar surface area (TPSA) is 99.5 Å². The van der Waals surface area contributed by atoms with Crippen LogP contribution in [0.5, 0.6) is 17.2 Å². The van der Waals surface area contributed by atoms with Gasteiger partial charge in [0.25, 0.3) is 5.91 Å². The predicted octanol–water partition coefficient (Wildman–Crippen LogP) is 3.62. The van der Waals surface area contributed by atoms with Crippen molar-refractivity contribution >= 4 is 17.5 Å². The molecule has 0 saturated heterocycles. The third kappa shape index (κ3) is 3.73. The van der Waals surface area contributed by atoms with Gasteiger partial charge in [-0.3, -0.25) is 4.79 Å². The summed E-state index contributed by atoms with van der Waals surface area (Å²) < 4.78 is 18.5. The number of carbonyl (C=O) groups is 1. The van der Waals surface area contributed by atoms with Gasteiger partial charge < -0.3 is 24.8 Å². The SMILES string of the molecule is CCOc1ccccc1NC(=O)C1=C(C)Nc2ncnn2[C@H]1c1cccc(OC)c1OC. The molecule has 1 aliphatic rings. The molecule has 0 saturated carbocycles. The molecule has 0 unspecified atom stereocenters. The molecule has 0 aliphatic carbocycles. The molecule has 9 heteroatoms. The summed E-state index contributed by atoms with van der Waals surface area (Å²) in [6, 6.07) is 12.3. The highest BCUT2D eigenvalue weighted by molar-refractivity contribution is 6.06. The summed E-state index contributed by atoms with van der Waals surface area (Å²) in [5.74, 6) is 1.92. The summed E-state index contributed by atoms with van der Waals surface area (Å²) in [6.07, 6.45) is 1.44. The van der Waals surface area contributed by atoms with Crippen LogP contribution in [0.15, 0.2) is 60.1 Å². The molecule has 0 fully saturated rings. The molecular formula is C23H25N5O4. The molecule has 4 rings (SSSR count). The van der Waals surface area contributed by atoms with Gasteiger partial charge >= 0.3 is 0 Å². The van der Waals surface area contributed by atoms with Crippen molar-refractivity contribution in [1.82, 2.24) is 14.8 Å². The number of benzene rings is 2. The number of carbonyl (C=O) groups excluding carboxylic acids is 1. The Morgan fingerprint density at radius 3 is 2.66 bits per heavy atom. The molecule has 0 radical (unpaired) electrons. The largest absolute Gasteiger partial charge is 0.493 e. The lowest BCUT2D eigenvalue weighted by Gasteiger charge is -2.30. The average Bonchev–Trinajstić information content (AvgIpc) is 3.27. The normalized spacial score (nSPS) is 14.9. The predicted molar refractivity (Wildman–Crippen MR) is 120 cm³/mol. The molecule has 0 bridgehead atoms. The van der Waals surface area contributed by atoms with Gasteiger partial charge in [-0.15, -0.1) is 0 Å². The Morgan fingerprint density at radius 1 is 1.12 bits per heavy atom. The number of rotatable bonds is 7. The van der Waals surface area contributed by atoms with Crippen LogP contribution in [0.3, 0.4) is 0 Å². The van der Waals surface area contributed by atoms with Gasteiger partial charge in [0, 0.05) is 11.3 Å². The van der Waals surface area contributed by atoms with Gasteiger partial charge in [-0.2, -0.15) is 10.1 Å². The number of hydrogen-bond acceptors (Lipinski definition) is 7. The second-order valence-electron chi connectivity index (χ2n) is 7.06. The number of ether oxygens (including phenoxy) is 3. The van der Waals surface area contributed by atoms with Crippen LogP contribution >= 0.6 is 0 Å². The Labute approximate surface area is 186 Å². The number of methoxy groups -OCH3 is 2. The first-order valence-corrected chi connectivity index (χ1v) is 10.2. The molecule has 0 spiro atoms. The van der Waals surface area contributed by atoms with Crippen molar-refractivity contribution in [3.05, 3.63) is 65.6 Å². The quantitative estimate of drug-likeness (QED) is 0.585. The number of anilines is 2. The van der Waals surface area contributed by atoms with Crippen molar-refractivity contribution in [3.63, 3.8) is 0 Å². The zero-order valence-corrected chi connectivity index (χ0v) is 18.4. The number of nitrogens with one attached hydrogen (secondary N) is 2. The van der Waals surface area contributed by atoms with E-state index in [2.05, 4.69) is 20.7 Å². The minimum absolute atomic E-state index is 0.293. The third-order valence-corrected chi connectivity index (χ3v) is 5.20. The van der Waals surface area contributed by atoms with Gasteiger partial charge in [0.1, 0.15) is 18.1 Å². The van der Waals surface area contributed by atoms with E-state index in [0.717, 1.165) is 5.56 Å². The third-order valence-electron chi connectivity index (χ3n) is 5.20. The van der Waals surface area contributed by atoms with E-state index in [0.29, 0.717) is 46.8 Å². The Balaban J connectivity index is 1.81. The number of amides is 1. The van der Waals surface area contributed by atoms with E-state index in [9.17, 15) is 4.79 Å². The maximum Gasteiger partial charge on any atom is 0.255 e. The van der Waals surface area contributed by atoms with Crippen LogP contribution in [0, 0.1) is 0 Å². The lowest BCUT2D eigenvalue weighted by Crippen LogP contribution is -2.31. The highest BCUT2D eigenvalue weighted by atomic mass is 16.5. The molecular weight excluding hydrogens is 410 g/mol. The molecule has 9 nitrogen and oxygen atoms in total. The maximum absolute atomic E-state index is 13.6. The maximum atomic E-state index is 13.6. The second kappa shape index (κ2) is 9.01. The van der Waals surface area contributed by atoms with Crippen molar-refractivity contribution in [2.45, 2.75) is 19.9 Å². The van der Waals surface area contributed by atoms with Crippen molar-refractivity contribution in [1.29, 1.82) is 0 Å².